The Morgan fingerprint density at radius 3 is 0.329 bits per heavy atom. The van der Waals surface area contributed by atoms with E-state index in [4.69, 9.17) is 36.2 Å². The molecular formula is C56H56F4O12P4. The lowest BCUT2D eigenvalue weighted by Gasteiger charge is -2.16. The van der Waals surface area contributed by atoms with Crippen molar-refractivity contribution in [1.82, 2.24) is 0 Å². The summed E-state index contributed by atoms with van der Waals surface area (Å²) < 4.78 is 141. The van der Waals surface area contributed by atoms with Crippen molar-refractivity contribution < 1.29 is 71.2 Å². The lowest BCUT2D eigenvalue weighted by molar-refractivity contribution is 0.155. The van der Waals surface area contributed by atoms with Crippen molar-refractivity contribution in [3.8, 4) is 0 Å². The highest BCUT2D eigenvalue weighted by Gasteiger charge is 2.33. The molecule has 0 atom stereocenters. The molecule has 0 aromatic rings. The van der Waals surface area contributed by atoms with Crippen molar-refractivity contribution in [2.45, 2.75) is 48.8 Å². The van der Waals surface area contributed by atoms with Gasteiger partial charge in [0.15, 0.2) is 0 Å². The minimum Gasteiger partial charge on any atom is -0.272 e. The van der Waals surface area contributed by atoms with Crippen molar-refractivity contribution >= 4 is 31.6 Å². The van der Waals surface area contributed by atoms with E-state index in [9.17, 15) is 35.0 Å². The first-order valence-electron chi connectivity index (χ1n) is 23.4. The summed E-state index contributed by atoms with van der Waals surface area (Å²) in [5.74, 6) is 0. The molecule has 0 unspecified atom stereocenters. The second kappa shape index (κ2) is 33.3. The summed E-state index contributed by atoms with van der Waals surface area (Å²) in [7, 11) is -18.5. The Bertz CT molecular complexity index is 2200. The Morgan fingerprint density at radius 1 is 0.171 bits per heavy atom. The predicted octanol–water partition coefficient (Wildman–Crippen LogP) is 16.8. The van der Waals surface area contributed by atoms with Crippen molar-refractivity contribution in [3.63, 3.8) is 0 Å². The van der Waals surface area contributed by atoms with E-state index < -0.39 is 80.5 Å². The largest absolute Gasteiger partial charge is 0.514 e. The van der Waals surface area contributed by atoms with E-state index in [2.05, 4.69) is 0 Å². The molecule has 0 saturated heterocycles. The molecule has 400 valence electrons. The summed E-state index contributed by atoms with van der Waals surface area (Å²) in [6, 6.07) is 0. The highest BCUT2D eigenvalue weighted by molar-refractivity contribution is 7.48. The minimum absolute atomic E-state index is 0.706. The van der Waals surface area contributed by atoms with Crippen LogP contribution >= 0.6 is 31.6 Å². The van der Waals surface area contributed by atoms with E-state index in [1.54, 1.807) is 292 Å². The van der Waals surface area contributed by atoms with Crippen LogP contribution in [0.25, 0.3) is 0 Å². The standard InChI is InChI=1S/4C14H14FO3P/c4*15-19(16,17-13-9-5-1-2-6-10-13)18-14-11-7-3-4-8-12-14/h4*1-14H. The molecule has 0 N–H and O–H groups in total. The van der Waals surface area contributed by atoms with E-state index in [0.29, 0.717) is 0 Å². The molecular weight excluding hydrogens is 1060 g/mol. The van der Waals surface area contributed by atoms with E-state index in [1.807, 2.05) is 0 Å². The maximum atomic E-state index is 13.9. The lowest BCUT2D eigenvalue weighted by atomic mass is 10.3. The summed E-state index contributed by atoms with van der Waals surface area (Å²) in [6.07, 6.45) is 75.3. The van der Waals surface area contributed by atoms with E-state index in [0.717, 1.165) is 0 Å². The van der Waals surface area contributed by atoms with Crippen molar-refractivity contribution in [2.75, 3.05) is 0 Å². The molecule has 0 aliphatic heterocycles. The summed E-state index contributed by atoms with van der Waals surface area (Å²) in [6.45, 7) is 0. The molecule has 8 rings (SSSR count). The first-order chi connectivity index (χ1) is 36.6. The summed E-state index contributed by atoms with van der Waals surface area (Å²) in [5.41, 5.74) is 0. The summed E-state index contributed by atoms with van der Waals surface area (Å²) in [5, 5.41) is 0. The highest BCUT2D eigenvalue weighted by Crippen LogP contribution is 2.55. The highest BCUT2D eigenvalue weighted by atomic mass is 31.2. The zero-order valence-corrected chi connectivity index (χ0v) is 44.1. The van der Waals surface area contributed by atoms with Crippen LogP contribution in [-0.4, -0.2) is 48.8 Å². The second-order valence-electron chi connectivity index (χ2n) is 15.5. The molecule has 0 amide bonds. The molecule has 0 bridgehead atoms. The normalized spacial score (nSPS) is 19.8. The monoisotopic (exact) mass is 1120 g/mol. The predicted molar refractivity (Wildman–Crippen MR) is 293 cm³/mol. The Morgan fingerprint density at radius 2 is 0.250 bits per heavy atom. The van der Waals surface area contributed by atoms with Crippen LogP contribution in [0.3, 0.4) is 0 Å². The van der Waals surface area contributed by atoms with Crippen LogP contribution in [0.1, 0.15) is 0 Å². The number of hydrogen-bond donors (Lipinski definition) is 0. The van der Waals surface area contributed by atoms with Gasteiger partial charge in [-0.25, -0.2) is 18.3 Å². The van der Waals surface area contributed by atoms with E-state index >= 15 is 0 Å². The summed E-state index contributed by atoms with van der Waals surface area (Å²) >= 11 is 0. The number of halogens is 4. The van der Waals surface area contributed by atoms with Crippen LogP contribution in [0.2, 0.25) is 0 Å². The molecule has 0 aromatic heterocycles. The van der Waals surface area contributed by atoms with Crippen LogP contribution in [0, 0.1) is 0 Å². The third-order valence-electron chi connectivity index (χ3n) is 9.46. The lowest BCUT2D eigenvalue weighted by Crippen LogP contribution is -2.09. The van der Waals surface area contributed by atoms with Crippen LogP contribution in [0.5, 0.6) is 0 Å². The van der Waals surface area contributed by atoms with Crippen LogP contribution in [0.15, 0.2) is 292 Å². The third kappa shape index (κ3) is 27.2. The van der Waals surface area contributed by atoms with Gasteiger partial charge in [-0.2, -0.15) is 0 Å². The number of hydrogen-bond acceptors (Lipinski definition) is 12. The molecule has 0 fully saturated rings. The zero-order valence-electron chi connectivity index (χ0n) is 40.5. The zero-order chi connectivity index (χ0) is 54.2. The van der Waals surface area contributed by atoms with Gasteiger partial charge in [0, 0.05) is 0 Å². The van der Waals surface area contributed by atoms with Gasteiger partial charge in [-0.05, 0) is 0 Å². The molecule has 0 radical (unpaired) electrons. The van der Waals surface area contributed by atoms with Gasteiger partial charge in [-0.15, -0.1) is 16.8 Å². The van der Waals surface area contributed by atoms with Crippen molar-refractivity contribution in [1.29, 1.82) is 0 Å². The average Bonchev–Trinajstić information content (AvgIpc) is 4.14. The topological polar surface area (TPSA) is 142 Å². The molecule has 12 nitrogen and oxygen atoms in total. The molecule has 0 heterocycles. The molecule has 8 aliphatic carbocycles. The van der Waals surface area contributed by atoms with Crippen LogP contribution in [-0.2, 0) is 54.5 Å². The minimum atomic E-state index is -4.63. The number of rotatable bonds is 16. The first-order valence-corrected chi connectivity index (χ1v) is 29.2. The maximum absolute atomic E-state index is 13.9. The summed E-state index contributed by atoms with van der Waals surface area (Å²) in [4.78, 5) is 0. The molecule has 20 heteroatoms. The molecule has 0 saturated carbocycles. The smallest absolute Gasteiger partial charge is 0.272 e. The fraction of sp³-hybridized carbons (Fsp3) is 0.143. The van der Waals surface area contributed by atoms with Gasteiger partial charge in [0.25, 0.3) is 0 Å². The van der Waals surface area contributed by atoms with Gasteiger partial charge >= 0.3 is 31.6 Å². The Labute approximate surface area is 441 Å². The Hall–Kier alpha value is -5.92. The van der Waals surface area contributed by atoms with Crippen LogP contribution in [0.4, 0.5) is 16.8 Å². The van der Waals surface area contributed by atoms with Crippen molar-refractivity contribution in [3.05, 3.63) is 292 Å². The fourth-order valence-corrected chi connectivity index (χ4v) is 9.79. The fourth-order valence-electron chi connectivity index (χ4n) is 6.14. The van der Waals surface area contributed by atoms with Gasteiger partial charge in [-0.1, -0.05) is 292 Å². The SMILES string of the molecule is O=P(F)(OC1C=CC=CC=C1)OC1C=CC=CC=C1.O=P(F)(OC1C=CC=CC=C1)OC1C=CC=CC=C1.O=P(F)(OC1C=CC=CC=C1)OC1C=CC=CC=C1.O=P(F)(OC1C=CC=CC=C1)OC1C=CC=CC=C1. The Balaban J connectivity index is 0.000000187. The second-order valence-corrected chi connectivity index (χ2v) is 20.7. The quantitative estimate of drug-likeness (QED) is 0.107. The van der Waals surface area contributed by atoms with Gasteiger partial charge in [-0.3, -0.25) is 36.2 Å². The molecule has 8 aliphatic rings. The van der Waals surface area contributed by atoms with Crippen LogP contribution < -0.4 is 0 Å². The van der Waals surface area contributed by atoms with Gasteiger partial charge in [0.2, 0.25) is 0 Å². The van der Waals surface area contributed by atoms with E-state index in [1.165, 1.54) is 0 Å². The average molecular weight is 1120 g/mol. The van der Waals surface area contributed by atoms with Gasteiger partial charge in [0.1, 0.15) is 48.8 Å². The van der Waals surface area contributed by atoms with E-state index in [-0.39, 0.29) is 0 Å². The molecule has 0 aromatic carbocycles. The molecule has 76 heavy (non-hydrogen) atoms. The van der Waals surface area contributed by atoms with Gasteiger partial charge < -0.3 is 0 Å². The maximum Gasteiger partial charge on any atom is 0.514 e. The third-order valence-corrected chi connectivity index (χ3v) is 13.4. The number of allylic oxidation sites excluding steroid dienone is 32. The van der Waals surface area contributed by atoms with Crippen molar-refractivity contribution in [2.24, 2.45) is 0 Å². The van der Waals surface area contributed by atoms with Gasteiger partial charge in [0.05, 0.1) is 0 Å². The first kappa shape index (κ1) is 60.9. The Kier molecular flexibility index (Phi) is 26.7. The molecule has 0 spiro atoms.